The Balaban J connectivity index is 1.36. The van der Waals surface area contributed by atoms with Crippen LogP contribution in [0.1, 0.15) is 17.5 Å². The zero-order valence-electron chi connectivity index (χ0n) is 16.6. The Kier molecular flexibility index (Phi) is 6.36. The van der Waals surface area contributed by atoms with Crippen molar-refractivity contribution in [3.63, 3.8) is 0 Å². The summed E-state index contributed by atoms with van der Waals surface area (Å²) in [6.45, 7) is 3.45. The van der Waals surface area contributed by atoms with Crippen LogP contribution in [0.2, 0.25) is 5.02 Å². The van der Waals surface area contributed by atoms with Crippen LogP contribution in [0.5, 0.6) is 0 Å². The maximum atomic E-state index is 13.1. The summed E-state index contributed by atoms with van der Waals surface area (Å²) in [4.78, 5) is 4.45. The van der Waals surface area contributed by atoms with Crippen molar-refractivity contribution in [2.45, 2.75) is 36.9 Å². The zero-order chi connectivity index (χ0) is 21.1. The smallest absolute Gasteiger partial charge is 0.241 e. The quantitative estimate of drug-likeness (QED) is 0.582. The summed E-state index contributed by atoms with van der Waals surface area (Å²) in [6, 6.07) is 12.7. The van der Waals surface area contributed by atoms with Gasteiger partial charge in [-0.3, -0.25) is 4.98 Å². The van der Waals surface area contributed by atoms with Crippen LogP contribution < -0.4 is 10.0 Å². The molecule has 158 valence electrons. The summed E-state index contributed by atoms with van der Waals surface area (Å²) < 4.78 is 34.8. The molecular formula is C22H24ClN3O3S. The summed E-state index contributed by atoms with van der Waals surface area (Å²) in [5.74, 6) is 0. The van der Waals surface area contributed by atoms with Crippen LogP contribution in [0.3, 0.4) is 0 Å². The number of benzene rings is 2. The number of pyridine rings is 1. The third kappa shape index (κ3) is 4.82. The Morgan fingerprint density at radius 1 is 1.20 bits per heavy atom. The SMILES string of the molecule is Cc1cncc2cccc(S(=O)(=O)N[C@@H]3CN[C@H](COCc4ccc(Cl)cc4)C3)c12. The Labute approximate surface area is 181 Å². The van der Waals surface area contributed by atoms with E-state index in [0.717, 1.165) is 16.5 Å². The molecule has 1 aliphatic heterocycles. The van der Waals surface area contributed by atoms with E-state index in [1.165, 1.54) is 0 Å². The standard InChI is InChI=1S/C22H24ClN3O3S/c1-15-10-24-11-17-3-2-4-21(22(15)17)30(27,28)26-19-9-20(25-12-19)14-29-13-16-5-7-18(23)8-6-16/h2-8,10-11,19-20,25-26H,9,12-14H2,1H3/t19-,20-/m0/s1. The maximum absolute atomic E-state index is 13.1. The fourth-order valence-electron chi connectivity index (χ4n) is 3.81. The van der Waals surface area contributed by atoms with E-state index in [4.69, 9.17) is 16.3 Å². The van der Waals surface area contributed by atoms with Gasteiger partial charge in [-0.1, -0.05) is 35.9 Å². The molecule has 30 heavy (non-hydrogen) atoms. The van der Waals surface area contributed by atoms with Gasteiger partial charge < -0.3 is 10.1 Å². The van der Waals surface area contributed by atoms with Crippen molar-refractivity contribution in [3.05, 3.63) is 71.0 Å². The van der Waals surface area contributed by atoms with E-state index in [1.807, 2.05) is 37.3 Å². The van der Waals surface area contributed by atoms with Crippen molar-refractivity contribution in [1.82, 2.24) is 15.0 Å². The van der Waals surface area contributed by atoms with Gasteiger partial charge in [-0.05, 0) is 42.7 Å². The second kappa shape index (κ2) is 8.99. The lowest BCUT2D eigenvalue weighted by Crippen LogP contribution is -2.36. The van der Waals surface area contributed by atoms with E-state index in [1.54, 1.807) is 24.5 Å². The van der Waals surface area contributed by atoms with Gasteiger partial charge in [0.15, 0.2) is 0 Å². The molecule has 8 heteroatoms. The first-order chi connectivity index (χ1) is 14.4. The molecule has 0 saturated carbocycles. The van der Waals surface area contributed by atoms with Crippen LogP contribution in [0.15, 0.2) is 59.8 Å². The number of rotatable bonds is 7. The van der Waals surface area contributed by atoms with Crippen molar-refractivity contribution in [2.24, 2.45) is 0 Å². The number of aryl methyl sites for hydroxylation is 1. The summed E-state index contributed by atoms with van der Waals surface area (Å²) in [7, 11) is -3.65. The van der Waals surface area contributed by atoms with Gasteiger partial charge in [0, 0.05) is 46.8 Å². The number of fused-ring (bicyclic) bond motifs is 1. The molecule has 2 heterocycles. The second-order valence-electron chi connectivity index (χ2n) is 7.61. The lowest BCUT2D eigenvalue weighted by atomic mass is 10.1. The normalized spacial score (nSPS) is 19.4. The van der Waals surface area contributed by atoms with Crippen LogP contribution >= 0.6 is 11.6 Å². The van der Waals surface area contributed by atoms with Crippen molar-refractivity contribution in [1.29, 1.82) is 0 Å². The Morgan fingerprint density at radius 2 is 2.00 bits per heavy atom. The molecule has 0 unspecified atom stereocenters. The number of nitrogens with one attached hydrogen (secondary N) is 2. The van der Waals surface area contributed by atoms with Crippen LogP contribution in [0, 0.1) is 6.92 Å². The lowest BCUT2D eigenvalue weighted by Gasteiger charge is -2.15. The molecule has 6 nitrogen and oxygen atoms in total. The van der Waals surface area contributed by atoms with E-state index in [-0.39, 0.29) is 12.1 Å². The molecule has 1 aromatic heterocycles. The first-order valence-electron chi connectivity index (χ1n) is 9.83. The molecule has 2 N–H and O–H groups in total. The van der Waals surface area contributed by atoms with Gasteiger partial charge in [0.25, 0.3) is 0 Å². The third-order valence-corrected chi connectivity index (χ3v) is 7.08. The minimum Gasteiger partial charge on any atom is -0.375 e. The average molecular weight is 446 g/mol. The van der Waals surface area contributed by atoms with Gasteiger partial charge in [0.1, 0.15) is 0 Å². The monoisotopic (exact) mass is 445 g/mol. The van der Waals surface area contributed by atoms with E-state index in [9.17, 15) is 8.42 Å². The van der Waals surface area contributed by atoms with E-state index in [0.29, 0.717) is 41.5 Å². The minimum atomic E-state index is -3.65. The Hall–Kier alpha value is -2.03. The molecular weight excluding hydrogens is 422 g/mol. The number of aromatic nitrogens is 1. The lowest BCUT2D eigenvalue weighted by molar-refractivity contribution is 0.103. The van der Waals surface area contributed by atoms with E-state index >= 15 is 0 Å². The van der Waals surface area contributed by atoms with Gasteiger partial charge in [0.05, 0.1) is 18.1 Å². The molecule has 1 aliphatic rings. The number of sulfonamides is 1. The summed E-state index contributed by atoms with van der Waals surface area (Å²) >= 11 is 5.89. The summed E-state index contributed by atoms with van der Waals surface area (Å²) in [5.41, 5.74) is 1.89. The number of halogens is 1. The van der Waals surface area contributed by atoms with Gasteiger partial charge >= 0.3 is 0 Å². The molecule has 0 amide bonds. The van der Waals surface area contributed by atoms with Crippen molar-refractivity contribution in [2.75, 3.05) is 13.2 Å². The van der Waals surface area contributed by atoms with Gasteiger partial charge in [-0.2, -0.15) is 0 Å². The number of hydrogen-bond donors (Lipinski definition) is 2. The van der Waals surface area contributed by atoms with Gasteiger partial charge in [-0.15, -0.1) is 0 Å². The van der Waals surface area contributed by atoms with Gasteiger partial charge in [-0.25, -0.2) is 13.1 Å². The third-order valence-electron chi connectivity index (χ3n) is 5.27. The number of ether oxygens (including phenoxy) is 1. The van der Waals surface area contributed by atoms with Crippen molar-refractivity contribution >= 4 is 32.4 Å². The topological polar surface area (TPSA) is 80.3 Å². The first kappa shape index (κ1) is 21.2. The highest BCUT2D eigenvalue weighted by molar-refractivity contribution is 7.89. The fourth-order valence-corrected chi connectivity index (χ4v) is 5.49. The molecule has 1 saturated heterocycles. The highest BCUT2D eigenvalue weighted by Crippen LogP contribution is 2.26. The molecule has 0 aliphatic carbocycles. The zero-order valence-corrected chi connectivity index (χ0v) is 18.2. The molecule has 0 spiro atoms. The first-order valence-corrected chi connectivity index (χ1v) is 11.7. The molecule has 2 atom stereocenters. The van der Waals surface area contributed by atoms with Crippen molar-refractivity contribution < 1.29 is 13.2 Å². The van der Waals surface area contributed by atoms with E-state index in [2.05, 4.69) is 15.0 Å². The predicted octanol–water partition coefficient (Wildman–Crippen LogP) is 3.42. The predicted molar refractivity (Wildman–Crippen MR) is 118 cm³/mol. The van der Waals surface area contributed by atoms with Crippen molar-refractivity contribution in [3.8, 4) is 0 Å². The van der Waals surface area contributed by atoms with Crippen LogP contribution in [-0.4, -0.2) is 38.6 Å². The summed E-state index contributed by atoms with van der Waals surface area (Å²) in [5, 5.41) is 5.57. The van der Waals surface area contributed by atoms with Crippen LogP contribution in [-0.2, 0) is 21.4 Å². The molecule has 0 bridgehead atoms. The highest BCUT2D eigenvalue weighted by atomic mass is 35.5. The Morgan fingerprint density at radius 3 is 2.80 bits per heavy atom. The molecule has 4 rings (SSSR count). The Bertz CT molecular complexity index is 1130. The van der Waals surface area contributed by atoms with Crippen LogP contribution in [0.4, 0.5) is 0 Å². The number of nitrogens with zero attached hydrogens (tertiary/aromatic N) is 1. The average Bonchev–Trinajstić information content (AvgIpc) is 3.16. The number of hydrogen-bond acceptors (Lipinski definition) is 5. The molecule has 2 aromatic carbocycles. The fraction of sp³-hybridized carbons (Fsp3) is 0.318. The highest BCUT2D eigenvalue weighted by Gasteiger charge is 2.29. The molecule has 3 aromatic rings. The second-order valence-corrected chi connectivity index (χ2v) is 9.73. The molecule has 0 radical (unpaired) electrons. The molecule has 1 fully saturated rings. The maximum Gasteiger partial charge on any atom is 0.241 e. The minimum absolute atomic E-state index is 0.100. The van der Waals surface area contributed by atoms with Crippen LogP contribution in [0.25, 0.3) is 10.8 Å². The van der Waals surface area contributed by atoms with Gasteiger partial charge in [0.2, 0.25) is 10.0 Å². The largest absolute Gasteiger partial charge is 0.375 e. The van der Waals surface area contributed by atoms with E-state index < -0.39 is 10.0 Å². The summed E-state index contributed by atoms with van der Waals surface area (Å²) in [6.07, 6.45) is 4.05.